The standard InChI is InChI=1S/C21H20N4O5S/c1-28-19-10-6-9-17(22-19)20-23-21(30-16-7-4-3-5-8-16)18-13-15(14-25(18)24-20)11-12-29-31(2,26)27/h3-10,13-14H,11-12H2,1-2H3. The van der Waals surface area contributed by atoms with E-state index in [-0.39, 0.29) is 6.61 Å². The smallest absolute Gasteiger partial charge is 0.264 e. The molecule has 10 heteroatoms. The first kappa shape index (κ1) is 20.8. The van der Waals surface area contributed by atoms with Crippen LogP contribution in [-0.4, -0.2) is 48.0 Å². The maximum absolute atomic E-state index is 11.2. The van der Waals surface area contributed by atoms with Gasteiger partial charge in [-0.25, -0.2) is 9.50 Å². The molecule has 9 nitrogen and oxygen atoms in total. The minimum absolute atomic E-state index is 0.0301. The number of hydrogen-bond acceptors (Lipinski definition) is 8. The molecular formula is C21H20N4O5S. The second-order valence-electron chi connectivity index (χ2n) is 6.68. The van der Waals surface area contributed by atoms with Crippen LogP contribution in [0.4, 0.5) is 0 Å². The summed E-state index contributed by atoms with van der Waals surface area (Å²) in [5, 5.41) is 4.55. The number of aromatic nitrogens is 4. The van der Waals surface area contributed by atoms with Crippen molar-refractivity contribution in [1.82, 2.24) is 19.6 Å². The molecule has 3 heterocycles. The highest BCUT2D eigenvalue weighted by Crippen LogP contribution is 2.28. The van der Waals surface area contributed by atoms with Gasteiger partial charge in [0, 0.05) is 12.3 Å². The fourth-order valence-corrected chi connectivity index (χ4v) is 3.30. The van der Waals surface area contributed by atoms with Crippen molar-refractivity contribution in [3.05, 3.63) is 66.4 Å². The van der Waals surface area contributed by atoms with Crippen molar-refractivity contribution in [3.63, 3.8) is 0 Å². The number of rotatable bonds is 8. The van der Waals surface area contributed by atoms with Gasteiger partial charge in [0.25, 0.3) is 10.1 Å². The van der Waals surface area contributed by atoms with Crippen LogP contribution in [0.25, 0.3) is 17.0 Å². The number of ether oxygens (including phenoxy) is 2. The molecule has 0 N–H and O–H groups in total. The van der Waals surface area contributed by atoms with Crippen molar-refractivity contribution in [3.8, 4) is 29.0 Å². The molecule has 0 aliphatic heterocycles. The lowest BCUT2D eigenvalue weighted by molar-refractivity contribution is 0.326. The Hall–Kier alpha value is -3.50. The summed E-state index contributed by atoms with van der Waals surface area (Å²) in [5.41, 5.74) is 1.98. The summed E-state index contributed by atoms with van der Waals surface area (Å²) in [6, 6.07) is 16.4. The molecule has 0 unspecified atom stereocenters. The summed E-state index contributed by atoms with van der Waals surface area (Å²) in [5.74, 6) is 1.76. The van der Waals surface area contributed by atoms with Gasteiger partial charge in [-0.05, 0) is 36.2 Å². The molecule has 0 aliphatic rings. The van der Waals surface area contributed by atoms with E-state index in [1.807, 2.05) is 36.4 Å². The van der Waals surface area contributed by atoms with E-state index in [4.69, 9.17) is 13.7 Å². The summed E-state index contributed by atoms with van der Waals surface area (Å²) in [6.07, 6.45) is 3.19. The average molecular weight is 440 g/mol. The lowest BCUT2D eigenvalue weighted by Gasteiger charge is -2.09. The zero-order chi connectivity index (χ0) is 21.8. The molecule has 0 fully saturated rings. The maximum atomic E-state index is 11.2. The molecule has 0 bridgehead atoms. The number of hydrogen-bond donors (Lipinski definition) is 0. The molecule has 0 saturated heterocycles. The molecule has 0 aliphatic carbocycles. The highest BCUT2D eigenvalue weighted by atomic mass is 32.2. The highest BCUT2D eigenvalue weighted by molar-refractivity contribution is 7.85. The molecule has 31 heavy (non-hydrogen) atoms. The topological polar surface area (TPSA) is 105 Å². The van der Waals surface area contributed by atoms with E-state index >= 15 is 0 Å². The third-order valence-corrected chi connectivity index (χ3v) is 4.89. The predicted molar refractivity (Wildman–Crippen MR) is 114 cm³/mol. The van der Waals surface area contributed by atoms with Crippen LogP contribution >= 0.6 is 0 Å². The zero-order valence-corrected chi connectivity index (χ0v) is 17.7. The van der Waals surface area contributed by atoms with Crippen LogP contribution in [0, 0.1) is 0 Å². The Morgan fingerprint density at radius 3 is 2.58 bits per heavy atom. The minimum Gasteiger partial charge on any atom is -0.481 e. The van der Waals surface area contributed by atoms with Crippen LogP contribution in [0.1, 0.15) is 5.56 Å². The highest BCUT2D eigenvalue weighted by Gasteiger charge is 2.15. The summed E-state index contributed by atoms with van der Waals surface area (Å²) >= 11 is 0. The fourth-order valence-electron chi connectivity index (χ4n) is 2.91. The van der Waals surface area contributed by atoms with E-state index < -0.39 is 10.1 Å². The zero-order valence-electron chi connectivity index (χ0n) is 16.9. The van der Waals surface area contributed by atoms with Crippen LogP contribution in [-0.2, 0) is 20.7 Å². The van der Waals surface area contributed by atoms with Crippen LogP contribution in [0.3, 0.4) is 0 Å². The molecule has 4 aromatic rings. The number of benzene rings is 1. The van der Waals surface area contributed by atoms with Gasteiger partial charge >= 0.3 is 0 Å². The van der Waals surface area contributed by atoms with Gasteiger partial charge in [0.2, 0.25) is 17.6 Å². The van der Waals surface area contributed by atoms with E-state index in [2.05, 4.69) is 15.1 Å². The Morgan fingerprint density at radius 1 is 1.03 bits per heavy atom. The first-order valence-electron chi connectivity index (χ1n) is 9.39. The summed E-state index contributed by atoms with van der Waals surface area (Å²) in [6.45, 7) is 0.0301. The summed E-state index contributed by atoms with van der Waals surface area (Å²) in [4.78, 5) is 8.97. The van der Waals surface area contributed by atoms with E-state index in [0.717, 1.165) is 11.8 Å². The van der Waals surface area contributed by atoms with E-state index in [0.29, 0.717) is 41.0 Å². The molecule has 0 spiro atoms. The van der Waals surface area contributed by atoms with Gasteiger partial charge in [-0.3, -0.25) is 4.18 Å². The van der Waals surface area contributed by atoms with Crippen molar-refractivity contribution in [1.29, 1.82) is 0 Å². The first-order chi connectivity index (χ1) is 14.9. The van der Waals surface area contributed by atoms with E-state index in [9.17, 15) is 8.42 Å². The van der Waals surface area contributed by atoms with E-state index in [1.54, 1.807) is 28.9 Å². The van der Waals surface area contributed by atoms with E-state index in [1.165, 1.54) is 7.11 Å². The largest absolute Gasteiger partial charge is 0.481 e. The number of pyridine rings is 1. The van der Waals surface area contributed by atoms with Gasteiger partial charge < -0.3 is 9.47 Å². The summed E-state index contributed by atoms with van der Waals surface area (Å²) < 4.78 is 40.1. The molecule has 1 aromatic carbocycles. The average Bonchev–Trinajstić information content (AvgIpc) is 3.17. The van der Waals surface area contributed by atoms with Gasteiger partial charge in [0.15, 0.2) is 0 Å². The van der Waals surface area contributed by atoms with Crippen LogP contribution in [0.2, 0.25) is 0 Å². The molecule has 3 aromatic heterocycles. The normalized spacial score (nSPS) is 11.5. The molecule has 4 rings (SSSR count). The van der Waals surface area contributed by atoms with Crippen LogP contribution in [0.5, 0.6) is 17.5 Å². The van der Waals surface area contributed by atoms with Crippen LogP contribution in [0.15, 0.2) is 60.8 Å². The van der Waals surface area contributed by atoms with Gasteiger partial charge in [-0.1, -0.05) is 24.3 Å². The Balaban J connectivity index is 1.74. The van der Waals surface area contributed by atoms with Crippen molar-refractivity contribution < 1.29 is 22.1 Å². The van der Waals surface area contributed by atoms with Crippen molar-refractivity contribution >= 4 is 15.6 Å². The first-order valence-corrected chi connectivity index (χ1v) is 11.2. The molecular weight excluding hydrogens is 420 g/mol. The summed E-state index contributed by atoms with van der Waals surface area (Å²) in [7, 11) is -1.96. The van der Waals surface area contributed by atoms with Gasteiger partial charge in [-0.15, -0.1) is 5.10 Å². The van der Waals surface area contributed by atoms with Gasteiger partial charge in [0.05, 0.1) is 20.0 Å². The second-order valence-corrected chi connectivity index (χ2v) is 8.32. The minimum atomic E-state index is -3.50. The monoisotopic (exact) mass is 440 g/mol. The molecule has 0 atom stereocenters. The number of fused-ring (bicyclic) bond motifs is 1. The Kier molecular flexibility index (Phi) is 5.83. The van der Waals surface area contributed by atoms with Crippen molar-refractivity contribution in [2.75, 3.05) is 20.0 Å². The Labute approximate surface area is 179 Å². The number of para-hydroxylation sites is 1. The number of nitrogens with zero attached hydrogens (tertiary/aromatic N) is 4. The van der Waals surface area contributed by atoms with Crippen molar-refractivity contribution in [2.45, 2.75) is 6.42 Å². The van der Waals surface area contributed by atoms with Crippen molar-refractivity contribution in [2.24, 2.45) is 0 Å². The quantitative estimate of drug-likeness (QED) is 0.385. The predicted octanol–water partition coefficient (Wildman–Crippen LogP) is 3.11. The SMILES string of the molecule is COc1cccc(-c2nc(Oc3ccccc3)c3cc(CCOS(C)(=O)=O)cn3n2)n1. The Morgan fingerprint density at radius 2 is 1.84 bits per heavy atom. The maximum Gasteiger partial charge on any atom is 0.264 e. The third-order valence-electron chi connectivity index (χ3n) is 4.29. The van der Waals surface area contributed by atoms with Gasteiger partial charge in [0.1, 0.15) is 17.0 Å². The Bertz CT molecular complexity index is 1310. The van der Waals surface area contributed by atoms with Gasteiger partial charge in [-0.2, -0.15) is 13.4 Å². The lowest BCUT2D eigenvalue weighted by Crippen LogP contribution is -2.05. The van der Waals surface area contributed by atoms with Crippen LogP contribution < -0.4 is 9.47 Å². The molecule has 0 radical (unpaired) electrons. The molecule has 160 valence electrons. The fraction of sp³-hybridized carbons (Fsp3) is 0.190. The lowest BCUT2D eigenvalue weighted by atomic mass is 10.2. The number of methoxy groups -OCH3 is 1. The molecule has 0 amide bonds. The third kappa shape index (κ3) is 5.16. The molecule has 0 saturated carbocycles. The second kappa shape index (κ2) is 8.70.